The molecule has 0 atom stereocenters. The number of hydrogen-bond donors (Lipinski definition) is 2. The van der Waals surface area contributed by atoms with Gasteiger partial charge in [0.2, 0.25) is 15.9 Å². The molecule has 0 spiro atoms. The molecule has 0 fully saturated rings. The number of anilines is 1. The molecule has 2 N–H and O–H groups in total. The molecule has 136 valence electrons. The summed E-state index contributed by atoms with van der Waals surface area (Å²) in [5.41, 5.74) is -0.857. The van der Waals surface area contributed by atoms with E-state index in [1.165, 1.54) is 17.0 Å². The Morgan fingerprint density at radius 1 is 1.33 bits per heavy atom. The smallest absolute Gasteiger partial charge is 0.325 e. The molecule has 6 nitrogen and oxygen atoms in total. The fraction of sp³-hybridized carbons (Fsp3) is 0.462. The topological polar surface area (TPSA) is 78.5 Å². The Bertz CT molecular complexity index is 695. The van der Waals surface area contributed by atoms with Crippen molar-refractivity contribution in [2.24, 2.45) is 0 Å². The molecule has 0 saturated carbocycles. The SMILES string of the molecule is CN(CCNS(C)(=O)=O)CC(=O)Nc1ccc(Br)c(C(F)(F)F)c1. The summed E-state index contributed by atoms with van der Waals surface area (Å²) in [5, 5.41) is 2.38. The summed E-state index contributed by atoms with van der Waals surface area (Å²) in [6, 6.07) is 3.40. The molecule has 0 aliphatic heterocycles. The minimum Gasteiger partial charge on any atom is -0.325 e. The van der Waals surface area contributed by atoms with Crippen molar-refractivity contribution in [2.45, 2.75) is 6.18 Å². The maximum Gasteiger partial charge on any atom is 0.417 e. The summed E-state index contributed by atoms with van der Waals surface area (Å²) in [4.78, 5) is 13.4. The number of nitrogens with one attached hydrogen (secondary N) is 2. The van der Waals surface area contributed by atoms with Crippen LogP contribution in [0.5, 0.6) is 0 Å². The molecule has 1 rings (SSSR count). The van der Waals surface area contributed by atoms with Crippen LogP contribution >= 0.6 is 15.9 Å². The molecule has 0 aromatic heterocycles. The summed E-state index contributed by atoms with van der Waals surface area (Å²) in [5.74, 6) is -0.507. The second kappa shape index (κ2) is 8.28. The number of hydrogen-bond acceptors (Lipinski definition) is 4. The fourth-order valence-electron chi connectivity index (χ4n) is 1.77. The maximum atomic E-state index is 12.8. The van der Waals surface area contributed by atoms with Crippen molar-refractivity contribution in [2.75, 3.05) is 38.3 Å². The first-order valence-electron chi connectivity index (χ1n) is 6.68. The number of nitrogens with zero attached hydrogens (tertiary/aromatic N) is 1. The van der Waals surface area contributed by atoms with Crippen LogP contribution in [-0.4, -0.2) is 52.2 Å². The zero-order chi connectivity index (χ0) is 18.5. The second-order valence-corrected chi connectivity index (χ2v) is 7.83. The van der Waals surface area contributed by atoms with E-state index < -0.39 is 27.7 Å². The minimum atomic E-state index is -4.53. The minimum absolute atomic E-state index is 0.0261. The normalized spacial score (nSPS) is 12.5. The Labute approximate surface area is 146 Å². The molecule has 1 aromatic carbocycles. The molecule has 0 aliphatic carbocycles. The maximum absolute atomic E-state index is 12.8. The molecule has 0 bridgehead atoms. The number of halogens is 4. The third-order valence-corrected chi connectivity index (χ3v) is 4.25. The summed E-state index contributed by atoms with van der Waals surface area (Å²) < 4.78 is 62.4. The van der Waals surface area contributed by atoms with Crippen LogP contribution in [-0.2, 0) is 21.0 Å². The first-order chi connectivity index (χ1) is 10.9. The lowest BCUT2D eigenvalue weighted by molar-refractivity contribution is -0.138. The number of rotatable bonds is 7. The van der Waals surface area contributed by atoms with Crippen molar-refractivity contribution in [3.05, 3.63) is 28.2 Å². The second-order valence-electron chi connectivity index (χ2n) is 5.14. The van der Waals surface area contributed by atoms with Crippen LogP contribution in [0.3, 0.4) is 0 Å². The zero-order valence-electron chi connectivity index (χ0n) is 12.9. The highest BCUT2D eigenvalue weighted by Gasteiger charge is 2.33. The van der Waals surface area contributed by atoms with Gasteiger partial charge in [0.1, 0.15) is 0 Å². The summed E-state index contributed by atoms with van der Waals surface area (Å²) in [6.07, 6.45) is -3.51. The molecule has 0 aliphatic rings. The van der Waals surface area contributed by atoms with Gasteiger partial charge < -0.3 is 5.32 Å². The van der Waals surface area contributed by atoms with E-state index in [-0.39, 0.29) is 29.8 Å². The highest BCUT2D eigenvalue weighted by molar-refractivity contribution is 9.10. The van der Waals surface area contributed by atoms with Crippen LogP contribution in [0.15, 0.2) is 22.7 Å². The van der Waals surface area contributed by atoms with Gasteiger partial charge in [-0.3, -0.25) is 9.69 Å². The average Bonchev–Trinajstić information content (AvgIpc) is 2.38. The van der Waals surface area contributed by atoms with Gasteiger partial charge in [-0.15, -0.1) is 0 Å². The molecule has 24 heavy (non-hydrogen) atoms. The van der Waals surface area contributed by atoms with Crippen LogP contribution < -0.4 is 10.0 Å². The number of carbonyl (C=O) groups is 1. The predicted octanol–water partition coefficient (Wildman–Crippen LogP) is 1.89. The summed E-state index contributed by atoms with van der Waals surface area (Å²) in [7, 11) is -1.72. The number of alkyl halides is 3. The Balaban J connectivity index is 2.59. The summed E-state index contributed by atoms with van der Waals surface area (Å²) in [6.45, 7) is 0.302. The quantitative estimate of drug-likeness (QED) is 0.690. The Kier molecular flexibility index (Phi) is 7.20. The van der Waals surface area contributed by atoms with Gasteiger partial charge >= 0.3 is 6.18 Å². The highest BCUT2D eigenvalue weighted by Crippen LogP contribution is 2.36. The average molecular weight is 432 g/mol. The summed E-state index contributed by atoms with van der Waals surface area (Å²) >= 11 is 2.82. The van der Waals surface area contributed by atoms with E-state index in [2.05, 4.69) is 26.0 Å². The number of amides is 1. The highest BCUT2D eigenvalue weighted by atomic mass is 79.9. The van der Waals surface area contributed by atoms with Gasteiger partial charge in [0.25, 0.3) is 0 Å². The van der Waals surface area contributed by atoms with Gasteiger partial charge in [-0.05, 0) is 25.2 Å². The Hall–Kier alpha value is -1.17. The van der Waals surface area contributed by atoms with E-state index in [4.69, 9.17) is 0 Å². The lowest BCUT2D eigenvalue weighted by atomic mass is 10.2. The molecular weight excluding hydrogens is 415 g/mol. The van der Waals surface area contributed by atoms with Gasteiger partial charge in [0.05, 0.1) is 18.4 Å². The van der Waals surface area contributed by atoms with Crippen molar-refractivity contribution < 1.29 is 26.4 Å². The van der Waals surface area contributed by atoms with Crippen molar-refractivity contribution in [1.82, 2.24) is 9.62 Å². The van der Waals surface area contributed by atoms with Crippen LogP contribution in [0.1, 0.15) is 5.56 Å². The van der Waals surface area contributed by atoms with Crippen molar-refractivity contribution in [3.63, 3.8) is 0 Å². The first kappa shape index (κ1) is 20.9. The molecule has 11 heteroatoms. The Morgan fingerprint density at radius 3 is 2.50 bits per heavy atom. The van der Waals surface area contributed by atoms with E-state index in [0.29, 0.717) is 0 Å². The molecule has 1 amide bonds. The molecule has 0 saturated heterocycles. The van der Waals surface area contributed by atoms with E-state index in [1.54, 1.807) is 7.05 Å². The van der Waals surface area contributed by atoms with Gasteiger partial charge in [-0.1, -0.05) is 15.9 Å². The van der Waals surface area contributed by atoms with E-state index in [9.17, 15) is 26.4 Å². The number of benzene rings is 1. The van der Waals surface area contributed by atoms with Crippen LogP contribution in [0.25, 0.3) is 0 Å². The van der Waals surface area contributed by atoms with E-state index in [0.717, 1.165) is 12.3 Å². The lowest BCUT2D eigenvalue weighted by Gasteiger charge is -2.17. The van der Waals surface area contributed by atoms with E-state index in [1.807, 2.05) is 0 Å². The number of likely N-dealkylation sites (N-methyl/N-ethyl adjacent to an activating group) is 1. The first-order valence-corrected chi connectivity index (χ1v) is 9.36. The molecule has 0 unspecified atom stereocenters. The zero-order valence-corrected chi connectivity index (χ0v) is 15.3. The van der Waals surface area contributed by atoms with Crippen LogP contribution in [0.2, 0.25) is 0 Å². The van der Waals surface area contributed by atoms with Crippen molar-refractivity contribution in [1.29, 1.82) is 0 Å². The van der Waals surface area contributed by atoms with Gasteiger partial charge in [-0.2, -0.15) is 13.2 Å². The van der Waals surface area contributed by atoms with Crippen LogP contribution in [0, 0.1) is 0 Å². The lowest BCUT2D eigenvalue weighted by Crippen LogP contribution is -2.36. The molecule has 0 radical (unpaired) electrons. The predicted molar refractivity (Wildman–Crippen MR) is 88.1 cm³/mol. The molecule has 0 heterocycles. The fourth-order valence-corrected chi connectivity index (χ4v) is 2.70. The van der Waals surface area contributed by atoms with E-state index >= 15 is 0 Å². The van der Waals surface area contributed by atoms with Gasteiger partial charge in [0.15, 0.2) is 0 Å². The third-order valence-electron chi connectivity index (χ3n) is 2.83. The van der Waals surface area contributed by atoms with Gasteiger partial charge in [-0.25, -0.2) is 13.1 Å². The number of carbonyl (C=O) groups excluding carboxylic acids is 1. The molecular formula is C13H17BrF3N3O3S. The number of sulfonamides is 1. The molecule has 1 aromatic rings. The van der Waals surface area contributed by atoms with Crippen LogP contribution in [0.4, 0.5) is 18.9 Å². The van der Waals surface area contributed by atoms with Crippen molar-refractivity contribution in [3.8, 4) is 0 Å². The standard InChI is InChI=1S/C13H17BrF3N3O3S/c1-20(6-5-18-24(2,22)23)8-12(21)19-9-3-4-11(14)10(7-9)13(15,16)17/h3-4,7,18H,5-6,8H2,1-2H3,(H,19,21). The largest absolute Gasteiger partial charge is 0.417 e. The Morgan fingerprint density at radius 2 is 1.96 bits per heavy atom. The third kappa shape index (κ3) is 7.60. The van der Waals surface area contributed by atoms with Crippen molar-refractivity contribution >= 4 is 37.5 Å². The van der Waals surface area contributed by atoms with Gasteiger partial charge in [0, 0.05) is 23.2 Å². The monoisotopic (exact) mass is 431 g/mol.